The number of esters is 1. The minimum absolute atomic E-state index is 0.0254. The van der Waals surface area contributed by atoms with Gasteiger partial charge in [-0.3, -0.25) is 9.59 Å². The normalized spacial score (nSPS) is 12.5. The van der Waals surface area contributed by atoms with E-state index in [2.05, 4.69) is 18.8 Å². The van der Waals surface area contributed by atoms with E-state index < -0.39 is 24.0 Å². The quantitative estimate of drug-likeness (QED) is 0.0922. The highest BCUT2D eigenvalue weighted by Gasteiger charge is 2.26. The third-order valence-electron chi connectivity index (χ3n) is 6.48. The highest BCUT2D eigenvalue weighted by molar-refractivity contribution is 8.13. The standard InChI is InChI=1S/C31H50N2O4S/c1-3-5-6-7-8-9-10-11-12-13-14-15-19-22-29(34)38-25-28(31(36)37-23-4-2)33-30(35)27(32)24-26-20-17-16-18-21-26/h4,16-18,20-21,27-28H,2-3,5-15,19,22-25,32H2,1H3,(H,33,35)/t27-,28-/m0/s1. The number of unbranched alkanes of at least 4 members (excludes halogenated alkanes) is 12. The first-order chi connectivity index (χ1) is 18.5. The van der Waals surface area contributed by atoms with Crippen LogP contribution in [0.3, 0.4) is 0 Å². The molecule has 1 aromatic carbocycles. The molecule has 2 atom stereocenters. The van der Waals surface area contributed by atoms with Gasteiger partial charge in [-0.05, 0) is 18.4 Å². The van der Waals surface area contributed by atoms with Crippen LogP contribution >= 0.6 is 11.8 Å². The number of carbonyl (C=O) groups is 3. The van der Waals surface area contributed by atoms with Crippen molar-refractivity contribution >= 4 is 28.8 Å². The average molecular weight is 547 g/mol. The van der Waals surface area contributed by atoms with Gasteiger partial charge >= 0.3 is 5.97 Å². The van der Waals surface area contributed by atoms with Crippen LogP contribution in [0.5, 0.6) is 0 Å². The summed E-state index contributed by atoms with van der Waals surface area (Å²) in [5, 5.41) is 2.70. The second-order valence-electron chi connectivity index (χ2n) is 9.95. The number of hydrogen-bond donors (Lipinski definition) is 2. The molecule has 3 N–H and O–H groups in total. The van der Waals surface area contributed by atoms with E-state index in [4.69, 9.17) is 10.5 Å². The molecule has 0 heterocycles. The Bertz CT molecular complexity index is 787. The molecule has 0 saturated heterocycles. The fourth-order valence-corrected chi connectivity index (χ4v) is 5.05. The zero-order chi connectivity index (χ0) is 27.8. The second-order valence-corrected chi connectivity index (χ2v) is 11.0. The Morgan fingerprint density at radius 2 is 1.47 bits per heavy atom. The first kappa shape index (κ1) is 33.9. The Labute approximate surface area is 234 Å². The van der Waals surface area contributed by atoms with Crippen molar-refractivity contribution in [2.24, 2.45) is 5.73 Å². The molecule has 1 aromatic rings. The fourth-order valence-electron chi connectivity index (χ4n) is 4.19. The number of ether oxygens (including phenoxy) is 1. The van der Waals surface area contributed by atoms with Crippen LogP contribution in [0, 0.1) is 0 Å². The van der Waals surface area contributed by atoms with Crippen LogP contribution in [0.2, 0.25) is 0 Å². The van der Waals surface area contributed by atoms with Crippen LogP contribution in [0.4, 0.5) is 0 Å². The maximum absolute atomic E-state index is 12.6. The summed E-state index contributed by atoms with van der Waals surface area (Å²) in [5.74, 6) is -0.915. The lowest BCUT2D eigenvalue weighted by molar-refractivity contribution is -0.146. The van der Waals surface area contributed by atoms with Crippen molar-refractivity contribution in [3.8, 4) is 0 Å². The number of nitrogens with one attached hydrogen (secondary N) is 1. The second kappa shape index (κ2) is 22.8. The maximum atomic E-state index is 12.6. The summed E-state index contributed by atoms with van der Waals surface area (Å²) in [6.07, 6.45) is 18.6. The summed E-state index contributed by atoms with van der Waals surface area (Å²) in [4.78, 5) is 37.5. The fraction of sp³-hybridized carbons (Fsp3) is 0.645. The molecule has 0 aliphatic carbocycles. The number of amides is 1. The van der Waals surface area contributed by atoms with Crippen LogP contribution in [0.25, 0.3) is 0 Å². The van der Waals surface area contributed by atoms with Crippen molar-refractivity contribution < 1.29 is 19.1 Å². The molecular weight excluding hydrogens is 496 g/mol. The molecule has 6 nitrogen and oxygen atoms in total. The van der Waals surface area contributed by atoms with Gasteiger partial charge in [0, 0.05) is 12.2 Å². The molecule has 214 valence electrons. The van der Waals surface area contributed by atoms with Crippen molar-refractivity contribution in [3.05, 3.63) is 48.6 Å². The van der Waals surface area contributed by atoms with Gasteiger partial charge in [0.25, 0.3) is 0 Å². The third-order valence-corrected chi connectivity index (χ3v) is 7.50. The van der Waals surface area contributed by atoms with Gasteiger partial charge in [0.2, 0.25) is 5.91 Å². The van der Waals surface area contributed by atoms with Gasteiger partial charge in [-0.1, -0.05) is 139 Å². The van der Waals surface area contributed by atoms with Gasteiger partial charge in [0.15, 0.2) is 5.12 Å². The van der Waals surface area contributed by atoms with E-state index >= 15 is 0 Å². The van der Waals surface area contributed by atoms with E-state index in [1.807, 2.05) is 30.3 Å². The molecule has 0 saturated carbocycles. The smallest absolute Gasteiger partial charge is 0.329 e. The van der Waals surface area contributed by atoms with Crippen molar-refractivity contribution in [3.63, 3.8) is 0 Å². The molecule has 0 aliphatic heterocycles. The van der Waals surface area contributed by atoms with E-state index in [9.17, 15) is 14.4 Å². The van der Waals surface area contributed by atoms with Gasteiger partial charge in [-0.2, -0.15) is 0 Å². The van der Waals surface area contributed by atoms with Crippen LogP contribution in [0.15, 0.2) is 43.0 Å². The lowest BCUT2D eigenvalue weighted by Gasteiger charge is -2.19. The van der Waals surface area contributed by atoms with Gasteiger partial charge < -0.3 is 15.8 Å². The molecule has 0 radical (unpaired) electrons. The number of thioether (sulfide) groups is 1. The third kappa shape index (κ3) is 17.4. The van der Waals surface area contributed by atoms with E-state index in [-0.39, 0.29) is 17.5 Å². The molecule has 0 fully saturated rings. The Hall–Kier alpha value is -2.12. The molecule has 1 amide bonds. The van der Waals surface area contributed by atoms with Crippen LogP contribution in [-0.4, -0.2) is 41.4 Å². The Kier molecular flexibility index (Phi) is 20.4. The number of nitrogens with two attached hydrogens (primary N) is 1. The molecule has 7 heteroatoms. The molecule has 0 unspecified atom stereocenters. The SMILES string of the molecule is C=CCOC(=O)[C@H](CSC(=O)CCCCCCCCCCCCCCC)NC(=O)[C@@H](N)Cc1ccccc1. The van der Waals surface area contributed by atoms with E-state index in [0.29, 0.717) is 12.8 Å². The Morgan fingerprint density at radius 1 is 0.921 bits per heavy atom. The van der Waals surface area contributed by atoms with E-state index in [1.54, 1.807) is 0 Å². The number of benzene rings is 1. The largest absolute Gasteiger partial charge is 0.460 e. The average Bonchev–Trinajstić information content (AvgIpc) is 2.92. The number of hydrogen-bond acceptors (Lipinski definition) is 6. The highest BCUT2D eigenvalue weighted by Crippen LogP contribution is 2.16. The molecule has 38 heavy (non-hydrogen) atoms. The molecular formula is C31H50N2O4S. The molecule has 1 rings (SSSR count). The van der Waals surface area contributed by atoms with Crippen molar-refractivity contribution in [2.45, 2.75) is 115 Å². The first-order valence-electron chi connectivity index (χ1n) is 14.5. The van der Waals surface area contributed by atoms with Crippen molar-refractivity contribution in [1.29, 1.82) is 0 Å². The highest BCUT2D eigenvalue weighted by atomic mass is 32.2. The zero-order valence-corrected chi connectivity index (χ0v) is 24.3. The Morgan fingerprint density at radius 3 is 2.03 bits per heavy atom. The molecule has 0 spiro atoms. The number of carbonyl (C=O) groups excluding carboxylic acids is 3. The van der Waals surface area contributed by atoms with Crippen molar-refractivity contribution in [2.75, 3.05) is 12.4 Å². The monoisotopic (exact) mass is 546 g/mol. The topological polar surface area (TPSA) is 98.5 Å². The van der Waals surface area contributed by atoms with Crippen LogP contribution in [0.1, 0.15) is 102 Å². The Balaban J connectivity index is 2.26. The predicted molar refractivity (Wildman–Crippen MR) is 159 cm³/mol. The lowest BCUT2D eigenvalue weighted by Crippen LogP contribution is -2.50. The predicted octanol–water partition coefficient (Wildman–Crippen LogP) is 6.51. The van der Waals surface area contributed by atoms with Crippen LogP contribution in [-0.2, 0) is 25.5 Å². The first-order valence-corrected chi connectivity index (χ1v) is 15.5. The summed E-state index contributed by atoms with van der Waals surface area (Å²) in [5.41, 5.74) is 7.00. The summed E-state index contributed by atoms with van der Waals surface area (Å²) < 4.78 is 5.13. The van der Waals surface area contributed by atoms with E-state index in [1.165, 1.54) is 70.3 Å². The summed E-state index contributed by atoms with van der Waals surface area (Å²) in [6, 6.07) is 7.71. The molecule has 0 aromatic heterocycles. The maximum Gasteiger partial charge on any atom is 0.329 e. The molecule has 0 bridgehead atoms. The summed E-state index contributed by atoms with van der Waals surface area (Å²) in [7, 11) is 0. The lowest BCUT2D eigenvalue weighted by atomic mass is 10.0. The zero-order valence-electron chi connectivity index (χ0n) is 23.5. The van der Waals surface area contributed by atoms with Gasteiger partial charge in [0.05, 0.1) is 6.04 Å². The minimum Gasteiger partial charge on any atom is -0.460 e. The summed E-state index contributed by atoms with van der Waals surface area (Å²) in [6.45, 7) is 5.84. The van der Waals surface area contributed by atoms with Gasteiger partial charge in [0.1, 0.15) is 12.6 Å². The molecule has 0 aliphatic rings. The van der Waals surface area contributed by atoms with Gasteiger partial charge in [-0.25, -0.2) is 4.79 Å². The number of rotatable bonds is 23. The van der Waals surface area contributed by atoms with Crippen molar-refractivity contribution in [1.82, 2.24) is 5.32 Å². The van der Waals surface area contributed by atoms with Crippen LogP contribution < -0.4 is 11.1 Å². The summed E-state index contributed by atoms with van der Waals surface area (Å²) >= 11 is 1.07. The van der Waals surface area contributed by atoms with Gasteiger partial charge in [-0.15, -0.1) is 0 Å². The van der Waals surface area contributed by atoms with E-state index in [0.717, 1.165) is 36.6 Å². The minimum atomic E-state index is -0.940.